The molecule has 0 aliphatic rings. The minimum absolute atomic E-state index is 0.0606. The monoisotopic (exact) mass is 383 g/mol. The van der Waals surface area contributed by atoms with Crippen molar-refractivity contribution < 1.29 is 13.2 Å². The second-order valence-corrected chi connectivity index (χ2v) is 9.93. The summed E-state index contributed by atoms with van der Waals surface area (Å²) in [6, 6.07) is 7.76. The Kier molecular flexibility index (Phi) is 8.24. The Morgan fingerprint density at radius 3 is 2.08 bits per heavy atom. The molecule has 0 fully saturated rings. The number of nitrogens with zero attached hydrogens (tertiary/aromatic N) is 2. The molecule has 1 N–H and O–H groups in total. The molecule has 0 saturated carbocycles. The van der Waals surface area contributed by atoms with Crippen molar-refractivity contribution >= 4 is 21.6 Å². The smallest absolute Gasteiger partial charge is 0.225 e. The predicted molar refractivity (Wildman–Crippen MR) is 108 cm³/mol. The molecule has 1 amide bonds. The van der Waals surface area contributed by atoms with Gasteiger partial charge in [0.1, 0.15) is 0 Å². The van der Waals surface area contributed by atoms with E-state index in [0.717, 1.165) is 18.7 Å². The second kappa shape index (κ2) is 9.48. The molecular formula is C19H33N3O3S. The van der Waals surface area contributed by atoms with Crippen LogP contribution in [0.4, 0.5) is 5.69 Å². The highest BCUT2D eigenvalue weighted by molar-refractivity contribution is 7.88. The molecule has 7 heteroatoms. The van der Waals surface area contributed by atoms with Gasteiger partial charge in [0.05, 0.1) is 6.26 Å². The number of benzene rings is 1. The molecule has 0 aliphatic carbocycles. The molecule has 0 radical (unpaired) electrons. The Balaban J connectivity index is 2.57. The molecule has 0 spiro atoms. The summed E-state index contributed by atoms with van der Waals surface area (Å²) in [7, 11) is 0.577. The molecule has 0 unspecified atom stereocenters. The lowest BCUT2D eigenvalue weighted by molar-refractivity contribution is -0.116. The molecule has 0 heterocycles. The highest BCUT2D eigenvalue weighted by Crippen LogP contribution is 2.23. The third-order valence-electron chi connectivity index (χ3n) is 4.10. The van der Waals surface area contributed by atoms with Crippen molar-refractivity contribution in [3.63, 3.8) is 0 Å². The SMILES string of the molecule is CN(C)CCCN(CCC(=O)Nc1ccc(C(C)(C)C)cc1)S(C)(=O)=O. The van der Waals surface area contributed by atoms with Crippen LogP contribution >= 0.6 is 0 Å². The molecule has 0 saturated heterocycles. The van der Waals surface area contributed by atoms with Crippen LogP contribution in [0, 0.1) is 0 Å². The number of hydrogen-bond donors (Lipinski definition) is 1. The minimum Gasteiger partial charge on any atom is -0.326 e. The largest absolute Gasteiger partial charge is 0.326 e. The third-order valence-corrected chi connectivity index (χ3v) is 5.41. The van der Waals surface area contributed by atoms with Crippen LogP contribution < -0.4 is 5.32 Å². The lowest BCUT2D eigenvalue weighted by atomic mass is 9.87. The average molecular weight is 384 g/mol. The van der Waals surface area contributed by atoms with Gasteiger partial charge in [-0.05, 0) is 50.2 Å². The summed E-state index contributed by atoms with van der Waals surface area (Å²) in [5.74, 6) is -0.185. The molecule has 148 valence electrons. The number of anilines is 1. The van der Waals surface area contributed by atoms with Crippen molar-refractivity contribution in [3.8, 4) is 0 Å². The highest BCUT2D eigenvalue weighted by Gasteiger charge is 2.18. The molecule has 26 heavy (non-hydrogen) atoms. The van der Waals surface area contributed by atoms with Crippen LogP contribution in [0.25, 0.3) is 0 Å². The Hall–Kier alpha value is -1.44. The lowest BCUT2D eigenvalue weighted by Crippen LogP contribution is -2.35. The first kappa shape index (κ1) is 22.6. The fraction of sp³-hybridized carbons (Fsp3) is 0.632. The van der Waals surface area contributed by atoms with Crippen LogP contribution in [0.15, 0.2) is 24.3 Å². The van der Waals surface area contributed by atoms with Crippen molar-refractivity contribution in [3.05, 3.63) is 29.8 Å². The molecule has 0 aromatic heterocycles. The zero-order chi connectivity index (χ0) is 20.0. The van der Waals surface area contributed by atoms with Gasteiger partial charge in [-0.25, -0.2) is 12.7 Å². The van der Waals surface area contributed by atoms with Gasteiger partial charge < -0.3 is 10.2 Å². The first-order valence-electron chi connectivity index (χ1n) is 8.90. The van der Waals surface area contributed by atoms with Crippen LogP contribution in [0.1, 0.15) is 39.2 Å². The van der Waals surface area contributed by atoms with Crippen LogP contribution in [0.3, 0.4) is 0 Å². The number of rotatable bonds is 9. The topological polar surface area (TPSA) is 69.7 Å². The maximum absolute atomic E-state index is 12.2. The Morgan fingerprint density at radius 1 is 1.04 bits per heavy atom. The van der Waals surface area contributed by atoms with Crippen molar-refractivity contribution in [2.45, 2.75) is 39.0 Å². The number of hydrogen-bond acceptors (Lipinski definition) is 4. The van der Waals surface area contributed by atoms with E-state index in [1.54, 1.807) is 0 Å². The van der Waals surface area contributed by atoms with E-state index in [-0.39, 0.29) is 24.3 Å². The van der Waals surface area contributed by atoms with E-state index in [0.29, 0.717) is 6.54 Å². The quantitative estimate of drug-likeness (QED) is 0.711. The fourth-order valence-corrected chi connectivity index (χ4v) is 3.39. The first-order chi connectivity index (χ1) is 11.9. The molecule has 0 atom stereocenters. The fourth-order valence-electron chi connectivity index (χ4n) is 2.51. The zero-order valence-corrected chi connectivity index (χ0v) is 17.7. The summed E-state index contributed by atoms with van der Waals surface area (Å²) in [5, 5.41) is 2.83. The van der Waals surface area contributed by atoms with Gasteiger partial charge in [-0.15, -0.1) is 0 Å². The molecular weight excluding hydrogens is 350 g/mol. The number of carbonyl (C=O) groups is 1. The Bertz CT molecular complexity index is 677. The summed E-state index contributed by atoms with van der Waals surface area (Å²) in [4.78, 5) is 14.2. The van der Waals surface area contributed by atoms with Crippen molar-refractivity contribution in [2.24, 2.45) is 0 Å². The van der Waals surface area contributed by atoms with Gasteiger partial charge in [0.25, 0.3) is 0 Å². The first-order valence-corrected chi connectivity index (χ1v) is 10.7. The Labute approximate surface area is 158 Å². The summed E-state index contributed by atoms with van der Waals surface area (Å²) in [6.07, 6.45) is 2.05. The minimum atomic E-state index is -3.32. The van der Waals surface area contributed by atoms with Gasteiger partial charge in [0.15, 0.2) is 0 Å². The number of amides is 1. The van der Waals surface area contributed by atoms with Gasteiger partial charge in [0, 0.05) is 25.2 Å². The second-order valence-electron chi connectivity index (χ2n) is 7.94. The van der Waals surface area contributed by atoms with Crippen LogP contribution in [0.5, 0.6) is 0 Å². The zero-order valence-electron chi connectivity index (χ0n) is 16.9. The van der Waals surface area contributed by atoms with E-state index < -0.39 is 10.0 Å². The summed E-state index contributed by atoms with van der Waals surface area (Å²) in [6.45, 7) is 7.82. The summed E-state index contributed by atoms with van der Waals surface area (Å²) >= 11 is 0. The maximum atomic E-state index is 12.2. The van der Waals surface area contributed by atoms with E-state index in [1.807, 2.05) is 43.3 Å². The molecule has 1 rings (SSSR count). The average Bonchev–Trinajstić information content (AvgIpc) is 2.48. The molecule has 1 aromatic rings. The highest BCUT2D eigenvalue weighted by atomic mass is 32.2. The van der Waals surface area contributed by atoms with Gasteiger partial charge in [0.2, 0.25) is 15.9 Å². The molecule has 0 aliphatic heterocycles. The van der Waals surface area contributed by atoms with E-state index in [4.69, 9.17) is 0 Å². The molecule has 0 bridgehead atoms. The van der Waals surface area contributed by atoms with Crippen LogP contribution in [-0.2, 0) is 20.2 Å². The van der Waals surface area contributed by atoms with E-state index >= 15 is 0 Å². The summed E-state index contributed by atoms with van der Waals surface area (Å²) in [5.41, 5.74) is 1.98. The standard InChI is InChI=1S/C19H33N3O3S/c1-19(2,3)16-8-10-17(11-9-16)20-18(23)12-15-22(26(6,24)25)14-7-13-21(4)5/h8-11H,7,12-15H2,1-6H3,(H,20,23). The molecule has 6 nitrogen and oxygen atoms in total. The van der Waals surface area contributed by atoms with Crippen molar-refractivity contribution in [1.29, 1.82) is 0 Å². The predicted octanol–water partition coefficient (Wildman–Crippen LogP) is 2.53. The van der Waals surface area contributed by atoms with Gasteiger partial charge in [-0.1, -0.05) is 32.9 Å². The van der Waals surface area contributed by atoms with E-state index in [1.165, 1.54) is 16.1 Å². The van der Waals surface area contributed by atoms with Crippen LogP contribution in [-0.4, -0.2) is 63.5 Å². The van der Waals surface area contributed by atoms with E-state index in [9.17, 15) is 13.2 Å². The van der Waals surface area contributed by atoms with Gasteiger partial charge in [-0.3, -0.25) is 4.79 Å². The number of carbonyl (C=O) groups excluding carboxylic acids is 1. The van der Waals surface area contributed by atoms with Crippen molar-refractivity contribution in [1.82, 2.24) is 9.21 Å². The van der Waals surface area contributed by atoms with Crippen molar-refractivity contribution in [2.75, 3.05) is 45.3 Å². The van der Waals surface area contributed by atoms with Crippen LogP contribution in [0.2, 0.25) is 0 Å². The molecule has 1 aromatic carbocycles. The van der Waals surface area contributed by atoms with Gasteiger partial charge in [-0.2, -0.15) is 0 Å². The Morgan fingerprint density at radius 2 is 1.62 bits per heavy atom. The van der Waals surface area contributed by atoms with E-state index in [2.05, 4.69) is 26.1 Å². The van der Waals surface area contributed by atoms with Gasteiger partial charge >= 0.3 is 0 Å². The number of nitrogens with one attached hydrogen (secondary N) is 1. The summed E-state index contributed by atoms with van der Waals surface area (Å²) < 4.78 is 25.2. The number of sulfonamides is 1. The normalized spacial score (nSPS) is 12.6. The third kappa shape index (κ3) is 8.29. The lowest BCUT2D eigenvalue weighted by Gasteiger charge is -2.21. The maximum Gasteiger partial charge on any atom is 0.225 e.